The Morgan fingerprint density at radius 2 is 2.00 bits per heavy atom. The van der Waals surface area contributed by atoms with Gasteiger partial charge in [-0.25, -0.2) is 0 Å². The molecule has 0 radical (unpaired) electrons. The van der Waals surface area contributed by atoms with Crippen LogP contribution in [0.3, 0.4) is 0 Å². The molecule has 1 aliphatic carbocycles. The minimum absolute atomic E-state index is 0.000451. The van der Waals surface area contributed by atoms with E-state index in [1.54, 1.807) is 6.92 Å². The van der Waals surface area contributed by atoms with Gasteiger partial charge in [0.2, 0.25) is 5.91 Å². The molecular weight excluding hydrogens is 198 g/mol. The van der Waals surface area contributed by atoms with Gasteiger partial charge in [0.15, 0.2) is 0 Å². The second kappa shape index (κ2) is 4.61. The van der Waals surface area contributed by atoms with Crippen molar-refractivity contribution in [1.29, 1.82) is 0 Å². The van der Waals surface area contributed by atoms with Crippen LogP contribution in [0.2, 0.25) is 0 Å². The first-order valence-electron chi connectivity index (χ1n) is 5.11. The number of carboxylic acids is 1. The van der Waals surface area contributed by atoms with E-state index in [9.17, 15) is 9.59 Å². The Kier molecular flexibility index (Phi) is 3.68. The summed E-state index contributed by atoms with van der Waals surface area (Å²) in [5, 5.41) is 20.2. The highest BCUT2D eigenvalue weighted by atomic mass is 16.4. The molecule has 0 bridgehead atoms. The molecule has 1 atom stereocenters. The topological polar surface area (TPSA) is 86.6 Å². The van der Waals surface area contributed by atoms with E-state index in [2.05, 4.69) is 5.32 Å². The van der Waals surface area contributed by atoms with E-state index < -0.39 is 11.5 Å². The van der Waals surface area contributed by atoms with Gasteiger partial charge in [0.25, 0.3) is 0 Å². The monoisotopic (exact) mass is 215 g/mol. The molecule has 0 aromatic rings. The lowest BCUT2D eigenvalue weighted by atomic mass is 10.0. The molecule has 0 aromatic heterocycles. The maximum atomic E-state index is 11.4. The third-order valence-electron chi connectivity index (χ3n) is 2.62. The molecule has 5 nitrogen and oxygen atoms in total. The largest absolute Gasteiger partial charge is 0.481 e. The molecule has 5 heteroatoms. The van der Waals surface area contributed by atoms with Gasteiger partial charge in [-0.15, -0.1) is 0 Å². The van der Waals surface area contributed by atoms with Gasteiger partial charge < -0.3 is 15.5 Å². The predicted octanol–water partition coefficient (Wildman–Crippen LogP) is 0.128. The zero-order valence-electron chi connectivity index (χ0n) is 8.82. The Bertz CT molecular complexity index is 260. The number of aliphatic carboxylic acids is 1. The number of aliphatic hydroxyl groups excluding tert-OH is 1. The van der Waals surface area contributed by atoms with Crippen molar-refractivity contribution in [2.75, 3.05) is 6.61 Å². The number of nitrogens with one attached hydrogen (secondary N) is 1. The molecule has 0 aliphatic heterocycles. The summed E-state index contributed by atoms with van der Waals surface area (Å²) in [6.07, 6.45) is 1.82. The van der Waals surface area contributed by atoms with Gasteiger partial charge in [-0.1, -0.05) is 6.92 Å². The molecular formula is C10H17NO4. The summed E-state index contributed by atoms with van der Waals surface area (Å²) < 4.78 is 0. The van der Waals surface area contributed by atoms with Crippen molar-refractivity contribution in [1.82, 2.24) is 5.32 Å². The van der Waals surface area contributed by atoms with Gasteiger partial charge in [-0.2, -0.15) is 0 Å². The minimum Gasteiger partial charge on any atom is -0.481 e. The van der Waals surface area contributed by atoms with E-state index >= 15 is 0 Å². The summed E-state index contributed by atoms with van der Waals surface area (Å²) in [4.78, 5) is 21.8. The van der Waals surface area contributed by atoms with E-state index in [4.69, 9.17) is 10.2 Å². The quantitative estimate of drug-likeness (QED) is 0.587. The molecule has 1 saturated carbocycles. The minimum atomic E-state index is -0.890. The number of aliphatic hydroxyl groups is 1. The van der Waals surface area contributed by atoms with Crippen molar-refractivity contribution in [2.24, 2.45) is 5.92 Å². The van der Waals surface area contributed by atoms with Gasteiger partial charge in [0, 0.05) is 12.8 Å². The summed E-state index contributed by atoms with van der Waals surface area (Å²) in [5.41, 5.74) is -0.403. The molecule has 0 heterocycles. The van der Waals surface area contributed by atoms with Crippen LogP contribution < -0.4 is 5.32 Å². The van der Waals surface area contributed by atoms with Crippen molar-refractivity contribution in [3.8, 4) is 0 Å². The fraction of sp³-hybridized carbons (Fsp3) is 0.800. The first-order chi connectivity index (χ1) is 6.97. The SMILES string of the molecule is CC(CC(=O)O)CC(=O)NC1(CO)CC1. The smallest absolute Gasteiger partial charge is 0.303 e. The second-order valence-corrected chi connectivity index (χ2v) is 4.39. The van der Waals surface area contributed by atoms with Crippen LogP contribution in [0.15, 0.2) is 0 Å². The maximum absolute atomic E-state index is 11.4. The molecule has 0 saturated heterocycles. The fourth-order valence-corrected chi connectivity index (χ4v) is 1.51. The molecule has 0 aromatic carbocycles. The molecule has 86 valence electrons. The van der Waals surface area contributed by atoms with Gasteiger partial charge >= 0.3 is 5.97 Å². The van der Waals surface area contributed by atoms with E-state index in [0.29, 0.717) is 0 Å². The van der Waals surface area contributed by atoms with Gasteiger partial charge in [-0.3, -0.25) is 9.59 Å². The normalized spacial score (nSPS) is 19.3. The van der Waals surface area contributed by atoms with Crippen LogP contribution in [0, 0.1) is 5.92 Å². The van der Waals surface area contributed by atoms with Crippen LogP contribution >= 0.6 is 0 Å². The molecule has 1 rings (SSSR count). The summed E-state index contributed by atoms with van der Waals surface area (Å²) in [6, 6.07) is 0. The number of carbonyl (C=O) groups excluding carboxylic acids is 1. The van der Waals surface area contributed by atoms with Crippen LogP contribution in [0.25, 0.3) is 0 Å². The average molecular weight is 215 g/mol. The standard InChI is InChI=1S/C10H17NO4/c1-7(5-9(14)15)4-8(13)11-10(6-12)2-3-10/h7,12H,2-6H2,1H3,(H,11,13)(H,14,15). The summed E-state index contributed by atoms with van der Waals surface area (Å²) >= 11 is 0. The Hall–Kier alpha value is -1.10. The Balaban J connectivity index is 2.26. The number of hydrogen-bond donors (Lipinski definition) is 3. The molecule has 1 amide bonds. The summed E-state index contributed by atoms with van der Waals surface area (Å²) in [5.74, 6) is -1.23. The van der Waals surface area contributed by atoms with Crippen molar-refractivity contribution >= 4 is 11.9 Å². The van der Waals surface area contributed by atoms with Gasteiger partial charge in [0.05, 0.1) is 12.1 Å². The molecule has 15 heavy (non-hydrogen) atoms. The number of carbonyl (C=O) groups is 2. The fourth-order valence-electron chi connectivity index (χ4n) is 1.51. The van der Waals surface area contributed by atoms with Crippen molar-refractivity contribution in [2.45, 2.75) is 38.1 Å². The first-order valence-corrected chi connectivity index (χ1v) is 5.11. The Morgan fingerprint density at radius 1 is 1.40 bits per heavy atom. The highest BCUT2D eigenvalue weighted by molar-refractivity contribution is 5.78. The van der Waals surface area contributed by atoms with E-state index in [1.807, 2.05) is 0 Å². The molecule has 3 N–H and O–H groups in total. The van der Waals surface area contributed by atoms with E-state index in [-0.39, 0.29) is 31.3 Å². The maximum Gasteiger partial charge on any atom is 0.303 e. The van der Waals surface area contributed by atoms with Gasteiger partial charge in [-0.05, 0) is 18.8 Å². The van der Waals surface area contributed by atoms with Gasteiger partial charge in [0.1, 0.15) is 0 Å². The summed E-state index contributed by atoms with van der Waals surface area (Å²) in [7, 11) is 0. The number of hydrogen-bond acceptors (Lipinski definition) is 3. The Labute approximate surface area is 88.5 Å². The lowest BCUT2D eigenvalue weighted by Crippen LogP contribution is -2.40. The Morgan fingerprint density at radius 3 is 2.40 bits per heavy atom. The van der Waals surface area contributed by atoms with Crippen molar-refractivity contribution in [3.05, 3.63) is 0 Å². The van der Waals surface area contributed by atoms with Crippen LogP contribution in [-0.2, 0) is 9.59 Å². The lowest BCUT2D eigenvalue weighted by molar-refractivity contribution is -0.138. The lowest BCUT2D eigenvalue weighted by Gasteiger charge is -2.15. The zero-order chi connectivity index (χ0) is 11.5. The van der Waals surface area contributed by atoms with Crippen LogP contribution in [0.4, 0.5) is 0 Å². The second-order valence-electron chi connectivity index (χ2n) is 4.39. The van der Waals surface area contributed by atoms with Crippen molar-refractivity contribution < 1.29 is 19.8 Å². The summed E-state index contributed by atoms with van der Waals surface area (Å²) in [6.45, 7) is 1.69. The number of rotatable bonds is 6. The highest BCUT2D eigenvalue weighted by Gasteiger charge is 2.43. The van der Waals surface area contributed by atoms with Crippen molar-refractivity contribution in [3.63, 3.8) is 0 Å². The predicted molar refractivity (Wildman–Crippen MR) is 53.2 cm³/mol. The molecule has 0 spiro atoms. The average Bonchev–Trinajstić information content (AvgIpc) is 2.83. The number of amides is 1. The first kappa shape index (κ1) is 12.0. The molecule has 1 unspecified atom stereocenters. The zero-order valence-corrected chi connectivity index (χ0v) is 8.82. The molecule has 1 fully saturated rings. The number of carboxylic acid groups (broad SMARTS) is 1. The third-order valence-corrected chi connectivity index (χ3v) is 2.62. The van der Waals surface area contributed by atoms with Crippen LogP contribution in [0.1, 0.15) is 32.6 Å². The molecule has 1 aliphatic rings. The van der Waals surface area contributed by atoms with Crippen LogP contribution in [0.5, 0.6) is 0 Å². The third kappa shape index (κ3) is 3.87. The highest BCUT2D eigenvalue weighted by Crippen LogP contribution is 2.34. The van der Waals surface area contributed by atoms with E-state index in [1.165, 1.54) is 0 Å². The van der Waals surface area contributed by atoms with E-state index in [0.717, 1.165) is 12.8 Å². The van der Waals surface area contributed by atoms with Crippen LogP contribution in [-0.4, -0.2) is 34.2 Å².